The van der Waals surface area contributed by atoms with E-state index in [-0.39, 0.29) is 18.7 Å². The molecule has 1 amide bonds. The molecule has 7 heteroatoms. The van der Waals surface area contributed by atoms with Gasteiger partial charge >= 0.3 is 5.97 Å². The van der Waals surface area contributed by atoms with Gasteiger partial charge in [0.1, 0.15) is 0 Å². The number of nitrogens with one attached hydrogen (secondary N) is 2. The predicted molar refractivity (Wildman–Crippen MR) is 64.8 cm³/mol. The second kappa shape index (κ2) is 7.78. The number of hydrazone groups is 1. The number of carbonyl (C=O) groups excluding carboxylic acids is 2. The second-order valence-corrected chi connectivity index (χ2v) is 4.28. The minimum atomic E-state index is -0.829. The van der Waals surface area contributed by atoms with Crippen LogP contribution in [0.1, 0.15) is 32.6 Å². The fraction of sp³-hybridized carbons (Fsp3) is 0.727. The van der Waals surface area contributed by atoms with Gasteiger partial charge in [-0.15, -0.1) is 0 Å². The van der Waals surface area contributed by atoms with E-state index < -0.39 is 5.97 Å². The van der Waals surface area contributed by atoms with Crippen LogP contribution in [0.4, 0.5) is 0 Å². The van der Waals surface area contributed by atoms with Crippen molar-refractivity contribution in [2.45, 2.75) is 32.6 Å². The number of amides is 1. The van der Waals surface area contributed by atoms with E-state index in [2.05, 4.69) is 20.7 Å². The molecule has 102 valence electrons. The summed E-state index contributed by atoms with van der Waals surface area (Å²) in [6, 6.07) is 0. The molecule has 0 unspecified atom stereocenters. The Morgan fingerprint density at radius 3 is 2.67 bits per heavy atom. The topological polar surface area (TPSA) is 100 Å². The molecule has 0 atom stereocenters. The smallest absolute Gasteiger partial charge is 0.317 e. The van der Waals surface area contributed by atoms with Crippen molar-refractivity contribution in [3.63, 3.8) is 0 Å². The van der Waals surface area contributed by atoms with Crippen LogP contribution in [0.2, 0.25) is 0 Å². The predicted octanol–water partition coefficient (Wildman–Crippen LogP) is 0.275. The first-order valence-corrected chi connectivity index (χ1v) is 6.01. The van der Waals surface area contributed by atoms with E-state index in [0.717, 1.165) is 31.6 Å². The Morgan fingerprint density at radius 1 is 1.39 bits per heavy atom. The van der Waals surface area contributed by atoms with E-state index >= 15 is 0 Å². The zero-order valence-electron chi connectivity index (χ0n) is 10.4. The highest BCUT2D eigenvalue weighted by Gasteiger charge is 2.16. The summed E-state index contributed by atoms with van der Waals surface area (Å²) in [6.45, 7) is 3.82. The lowest BCUT2D eigenvalue weighted by Gasteiger charge is -2.22. The Kier molecular flexibility index (Phi) is 6.31. The van der Waals surface area contributed by atoms with E-state index in [1.54, 1.807) is 0 Å². The minimum Gasteiger partial charge on any atom is -0.317 e. The summed E-state index contributed by atoms with van der Waals surface area (Å²) in [7, 11) is 0. The largest absolute Gasteiger partial charge is 0.342 e. The van der Waals surface area contributed by atoms with Crippen LogP contribution in [0, 0.1) is 5.92 Å². The lowest BCUT2D eigenvalue weighted by Crippen LogP contribution is -2.32. The van der Waals surface area contributed by atoms with E-state index in [9.17, 15) is 9.59 Å². The highest BCUT2D eigenvalue weighted by atomic mass is 17.1. The zero-order valence-corrected chi connectivity index (χ0v) is 10.4. The third-order valence-electron chi connectivity index (χ3n) is 2.94. The Labute approximate surface area is 106 Å². The molecular weight excluding hydrogens is 238 g/mol. The molecule has 1 aliphatic heterocycles. The van der Waals surface area contributed by atoms with Gasteiger partial charge < -0.3 is 10.2 Å². The Balaban J connectivity index is 2.28. The van der Waals surface area contributed by atoms with Gasteiger partial charge in [0, 0.05) is 18.1 Å². The molecule has 0 saturated carbocycles. The number of carbonyl (C=O) groups is 2. The normalized spacial score (nSPS) is 17.3. The first-order chi connectivity index (χ1) is 8.63. The van der Waals surface area contributed by atoms with Crippen molar-refractivity contribution < 1.29 is 19.7 Å². The second-order valence-electron chi connectivity index (χ2n) is 4.28. The van der Waals surface area contributed by atoms with Crippen LogP contribution in [-0.4, -0.2) is 35.9 Å². The Morgan fingerprint density at radius 2 is 2.06 bits per heavy atom. The molecule has 18 heavy (non-hydrogen) atoms. The number of nitrogens with zero attached hydrogens (tertiary/aromatic N) is 1. The minimum absolute atomic E-state index is 0.0532. The summed E-state index contributed by atoms with van der Waals surface area (Å²) in [5.74, 6) is -0.799. The van der Waals surface area contributed by atoms with E-state index in [4.69, 9.17) is 5.26 Å². The van der Waals surface area contributed by atoms with Crippen molar-refractivity contribution >= 4 is 17.6 Å². The van der Waals surface area contributed by atoms with Crippen LogP contribution in [-0.2, 0) is 14.5 Å². The third kappa shape index (κ3) is 5.24. The molecule has 1 aliphatic rings. The number of hydrogen-bond donors (Lipinski definition) is 3. The summed E-state index contributed by atoms with van der Waals surface area (Å²) in [4.78, 5) is 25.4. The molecule has 0 aromatic rings. The highest BCUT2D eigenvalue weighted by Crippen LogP contribution is 2.13. The summed E-state index contributed by atoms with van der Waals surface area (Å²) in [5, 5.41) is 15.3. The van der Waals surface area contributed by atoms with Gasteiger partial charge in [-0.2, -0.15) is 10.4 Å². The molecule has 1 rings (SSSR count). The molecule has 1 saturated heterocycles. The monoisotopic (exact) mass is 257 g/mol. The molecule has 3 N–H and O–H groups in total. The van der Waals surface area contributed by atoms with E-state index in [0.29, 0.717) is 5.92 Å². The number of rotatable bonds is 5. The average Bonchev–Trinajstić information content (AvgIpc) is 2.42. The lowest BCUT2D eigenvalue weighted by atomic mass is 9.94. The maximum atomic E-state index is 11.3. The van der Waals surface area contributed by atoms with Gasteiger partial charge in [0.15, 0.2) is 0 Å². The molecule has 0 radical (unpaired) electrons. The third-order valence-corrected chi connectivity index (χ3v) is 2.94. The van der Waals surface area contributed by atoms with Crippen molar-refractivity contribution in [2.75, 3.05) is 13.1 Å². The maximum Gasteiger partial charge on any atom is 0.342 e. The van der Waals surface area contributed by atoms with Crippen molar-refractivity contribution in [3.05, 3.63) is 0 Å². The van der Waals surface area contributed by atoms with Crippen LogP contribution in [0.25, 0.3) is 0 Å². The fourth-order valence-corrected chi connectivity index (χ4v) is 1.80. The number of piperidine rings is 1. The van der Waals surface area contributed by atoms with Crippen LogP contribution in [0.3, 0.4) is 0 Å². The fourth-order valence-electron chi connectivity index (χ4n) is 1.80. The Bertz CT molecular complexity index is 324. The van der Waals surface area contributed by atoms with Crippen molar-refractivity contribution in [3.8, 4) is 0 Å². The van der Waals surface area contributed by atoms with Crippen LogP contribution in [0.15, 0.2) is 5.10 Å². The molecule has 1 heterocycles. The molecule has 0 bridgehead atoms. The van der Waals surface area contributed by atoms with Crippen LogP contribution in [0.5, 0.6) is 0 Å². The zero-order chi connectivity index (χ0) is 13.4. The first kappa shape index (κ1) is 14.6. The summed E-state index contributed by atoms with van der Waals surface area (Å²) in [6.07, 6.45) is 1.82. The molecule has 0 aliphatic carbocycles. The van der Waals surface area contributed by atoms with Gasteiger partial charge in [-0.25, -0.2) is 10.2 Å². The van der Waals surface area contributed by atoms with Gasteiger partial charge in [-0.1, -0.05) is 0 Å². The molecule has 0 spiro atoms. The lowest BCUT2D eigenvalue weighted by molar-refractivity contribution is -0.234. The molecule has 1 fully saturated rings. The van der Waals surface area contributed by atoms with Gasteiger partial charge in [-0.3, -0.25) is 4.79 Å². The standard InChI is InChI=1S/C11H19N3O4/c1-8(9-4-6-12-7-5-9)13-14-10(15)2-3-11(16)18-17/h9,12,17H,2-7H2,1H3,(H,14,15)/b13-8+. The van der Waals surface area contributed by atoms with Crippen molar-refractivity contribution in [1.82, 2.24) is 10.7 Å². The van der Waals surface area contributed by atoms with Gasteiger partial charge in [0.25, 0.3) is 0 Å². The van der Waals surface area contributed by atoms with E-state index in [1.807, 2.05) is 6.92 Å². The number of hydrogen-bond acceptors (Lipinski definition) is 6. The summed E-state index contributed by atoms with van der Waals surface area (Å²) in [5.41, 5.74) is 3.30. The molecule has 7 nitrogen and oxygen atoms in total. The summed E-state index contributed by atoms with van der Waals surface area (Å²) < 4.78 is 0. The summed E-state index contributed by atoms with van der Waals surface area (Å²) >= 11 is 0. The Hall–Kier alpha value is -1.47. The highest BCUT2D eigenvalue weighted by molar-refractivity contribution is 5.87. The van der Waals surface area contributed by atoms with Gasteiger partial charge in [0.2, 0.25) is 5.91 Å². The van der Waals surface area contributed by atoms with Crippen molar-refractivity contribution in [2.24, 2.45) is 11.0 Å². The van der Waals surface area contributed by atoms with Gasteiger partial charge in [0.05, 0.1) is 6.42 Å². The first-order valence-electron chi connectivity index (χ1n) is 6.01. The van der Waals surface area contributed by atoms with E-state index in [1.165, 1.54) is 0 Å². The van der Waals surface area contributed by atoms with Crippen molar-refractivity contribution in [1.29, 1.82) is 0 Å². The SMILES string of the molecule is C/C(=N\NC(=O)CCC(=O)OO)C1CCNCC1. The molecule has 0 aromatic carbocycles. The van der Waals surface area contributed by atoms with Crippen LogP contribution < -0.4 is 10.7 Å². The molecular formula is C11H19N3O4. The van der Waals surface area contributed by atoms with Crippen LogP contribution >= 0.6 is 0 Å². The molecule has 0 aromatic heterocycles. The quantitative estimate of drug-likeness (QED) is 0.373. The van der Waals surface area contributed by atoms with Gasteiger partial charge in [-0.05, 0) is 32.9 Å². The average molecular weight is 257 g/mol. The maximum absolute atomic E-state index is 11.3.